The molecule has 0 unspecified atom stereocenters. The van der Waals surface area contributed by atoms with E-state index in [4.69, 9.17) is 4.74 Å². The first-order valence-corrected chi connectivity index (χ1v) is 6.24. The Hall–Kier alpha value is -1.51. The zero-order valence-corrected chi connectivity index (χ0v) is 10.5. The van der Waals surface area contributed by atoms with Gasteiger partial charge in [-0.05, 0) is 43.9 Å². The number of phenolic OH excluding ortho intramolecular Hbond substituents is 1. The first kappa shape index (κ1) is 13.6. The first-order valence-electron chi connectivity index (χ1n) is 6.24. The molecular weight excluding hydrogens is 216 g/mol. The van der Waals surface area contributed by atoms with Crippen LogP contribution in [0.25, 0.3) is 0 Å². The highest BCUT2D eigenvalue weighted by atomic mass is 16.5. The van der Waals surface area contributed by atoms with Gasteiger partial charge in [-0.1, -0.05) is 13.8 Å². The van der Waals surface area contributed by atoms with Gasteiger partial charge in [0.1, 0.15) is 6.29 Å². The lowest BCUT2D eigenvalue weighted by molar-refractivity contribution is 0.112. The molecule has 17 heavy (non-hydrogen) atoms. The summed E-state index contributed by atoms with van der Waals surface area (Å²) in [5.41, 5.74) is 0.464. The van der Waals surface area contributed by atoms with Crippen LogP contribution >= 0.6 is 0 Å². The van der Waals surface area contributed by atoms with Crippen molar-refractivity contribution in [2.45, 2.75) is 45.6 Å². The SMILES string of the molecule is CC.O=Cc1ccc(OC2CCCC2)c(O)c1. The van der Waals surface area contributed by atoms with E-state index in [0.717, 1.165) is 12.8 Å². The summed E-state index contributed by atoms with van der Waals surface area (Å²) in [4.78, 5) is 10.5. The molecule has 1 aliphatic rings. The predicted octanol–water partition coefficient (Wildman–Crippen LogP) is 3.55. The van der Waals surface area contributed by atoms with E-state index >= 15 is 0 Å². The zero-order chi connectivity index (χ0) is 12.7. The average Bonchev–Trinajstić information content (AvgIpc) is 2.87. The fourth-order valence-corrected chi connectivity index (χ4v) is 1.89. The van der Waals surface area contributed by atoms with E-state index in [2.05, 4.69) is 0 Å². The van der Waals surface area contributed by atoms with Gasteiger partial charge in [0.2, 0.25) is 0 Å². The number of benzene rings is 1. The van der Waals surface area contributed by atoms with Crippen molar-refractivity contribution in [3.8, 4) is 11.5 Å². The molecule has 0 aliphatic heterocycles. The summed E-state index contributed by atoms with van der Waals surface area (Å²) in [5, 5.41) is 9.60. The standard InChI is InChI=1S/C12H14O3.C2H6/c13-8-9-5-6-12(11(14)7-9)15-10-3-1-2-4-10;1-2/h5-8,10,14H,1-4H2;1-2H3. The number of phenols is 1. The highest BCUT2D eigenvalue weighted by molar-refractivity contribution is 5.76. The Bertz CT molecular complexity index is 354. The van der Waals surface area contributed by atoms with Gasteiger partial charge in [0.05, 0.1) is 6.10 Å². The van der Waals surface area contributed by atoms with Crippen LogP contribution in [0.2, 0.25) is 0 Å². The van der Waals surface area contributed by atoms with E-state index in [1.807, 2.05) is 13.8 Å². The molecule has 2 rings (SSSR count). The molecule has 1 aromatic carbocycles. The number of carbonyl (C=O) groups excluding carboxylic acids is 1. The van der Waals surface area contributed by atoms with Crippen LogP contribution in [0.3, 0.4) is 0 Å². The summed E-state index contributed by atoms with van der Waals surface area (Å²) < 4.78 is 5.64. The number of ether oxygens (including phenoxy) is 1. The molecule has 3 heteroatoms. The molecule has 3 nitrogen and oxygen atoms in total. The van der Waals surface area contributed by atoms with Gasteiger partial charge in [-0.3, -0.25) is 4.79 Å². The fraction of sp³-hybridized carbons (Fsp3) is 0.500. The van der Waals surface area contributed by atoms with Crippen molar-refractivity contribution in [1.29, 1.82) is 0 Å². The number of carbonyl (C=O) groups is 1. The van der Waals surface area contributed by atoms with Crippen LogP contribution < -0.4 is 4.74 Å². The van der Waals surface area contributed by atoms with Crippen molar-refractivity contribution in [3.63, 3.8) is 0 Å². The van der Waals surface area contributed by atoms with Crippen LogP contribution in [0, 0.1) is 0 Å². The van der Waals surface area contributed by atoms with Gasteiger partial charge >= 0.3 is 0 Å². The average molecular weight is 236 g/mol. The largest absolute Gasteiger partial charge is 0.504 e. The predicted molar refractivity (Wildman–Crippen MR) is 67.7 cm³/mol. The van der Waals surface area contributed by atoms with E-state index in [1.54, 1.807) is 12.1 Å². The summed E-state index contributed by atoms with van der Waals surface area (Å²) in [6, 6.07) is 4.73. The minimum absolute atomic E-state index is 0.0477. The number of aldehydes is 1. The molecule has 0 spiro atoms. The van der Waals surface area contributed by atoms with Gasteiger partial charge in [-0.25, -0.2) is 0 Å². The maximum Gasteiger partial charge on any atom is 0.161 e. The van der Waals surface area contributed by atoms with E-state index in [-0.39, 0.29) is 11.9 Å². The van der Waals surface area contributed by atoms with Crippen LogP contribution in [-0.2, 0) is 0 Å². The van der Waals surface area contributed by atoms with Crippen molar-refractivity contribution in [2.75, 3.05) is 0 Å². The van der Waals surface area contributed by atoms with Gasteiger partial charge in [0.15, 0.2) is 11.5 Å². The topological polar surface area (TPSA) is 46.5 Å². The molecule has 1 saturated carbocycles. The molecule has 94 valence electrons. The summed E-state index contributed by atoms with van der Waals surface area (Å²) in [5.74, 6) is 0.527. The van der Waals surface area contributed by atoms with E-state index in [0.29, 0.717) is 17.6 Å². The van der Waals surface area contributed by atoms with Crippen LogP contribution in [0.4, 0.5) is 0 Å². The molecule has 0 heterocycles. The number of hydrogen-bond acceptors (Lipinski definition) is 3. The summed E-state index contributed by atoms with van der Waals surface area (Å²) in [7, 11) is 0. The van der Waals surface area contributed by atoms with Crippen molar-refractivity contribution >= 4 is 6.29 Å². The lowest BCUT2D eigenvalue weighted by atomic mass is 10.2. The fourth-order valence-electron chi connectivity index (χ4n) is 1.89. The maximum absolute atomic E-state index is 10.5. The molecule has 0 aromatic heterocycles. The van der Waals surface area contributed by atoms with E-state index in [1.165, 1.54) is 18.9 Å². The third-order valence-electron chi connectivity index (χ3n) is 2.71. The molecule has 1 fully saturated rings. The summed E-state index contributed by atoms with van der Waals surface area (Å²) >= 11 is 0. The first-order chi connectivity index (χ1) is 8.29. The zero-order valence-electron chi connectivity index (χ0n) is 10.5. The Morgan fingerprint density at radius 1 is 1.29 bits per heavy atom. The van der Waals surface area contributed by atoms with Crippen LogP contribution in [-0.4, -0.2) is 17.5 Å². The van der Waals surface area contributed by atoms with Gasteiger partial charge in [-0.2, -0.15) is 0 Å². The van der Waals surface area contributed by atoms with E-state index < -0.39 is 0 Å². The Morgan fingerprint density at radius 3 is 2.47 bits per heavy atom. The third-order valence-corrected chi connectivity index (χ3v) is 2.71. The molecule has 0 bridgehead atoms. The van der Waals surface area contributed by atoms with Gasteiger partial charge < -0.3 is 9.84 Å². The van der Waals surface area contributed by atoms with E-state index in [9.17, 15) is 9.90 Å². The number of rotatable bonds is 3. The van der Waals surface area contributed by atoms with Crippen molar-refractivity contribution in [3.05, 3.63) is 23.8 Å². The second-order valence-corrected chi connectivity index (χ2v) is 3.87. The molecule has 0 atom stereocenters. The molecule has 0 amide bonds. The minimum Gasteiger partial charge on any atom is -0.504 e. The molecular formula is C14H20O3. The lowest BCUT2D eigenvalue weighted by Crippen LogP contribution is -2.10. The highest BCUT2D eigenvalue weighted by Crippen LogP contribution is 2.31. The Labute approximate surface area is 102 Å². The normalized spacial score (nSPS) is 14.9. The Balaban J connectivity index is 0.000000686. The number of hydrogen-bond donors (Lipinski definition) is 1. The third kappa shape index (κ3) is 3.77. The maximum atomic E-state index is 10.5. The lowest BCUT2D eigenvalue weighted by Gasteiger charge is -2.14. The summed E-state index contributed by atoms with van der Waals surface area (Å²) in [6.45, 7) is 4.00. The van der Waals surface area contributed by atoms with Crippen LogP contribution in [0.5, 0.6) is 11.5 Å². The quantitative estimate of drug-likeness (QED) is 0.816. The van der Waals surface area contributed by atoms with Crippen molar-refractivity contribution in [2.24, 2.45) is 0 Å². The molecule has 0 radical (unpaired) electrons. The Morgan fingerprint density at radius 2 is 1.94 bits per heavy atom. The minimum atomic E-state index is 0.0477. The molecule has 1 N–H and O–H groups in total. The van der Waals surface area contributed by atoms with Crippen molar-refractivity contribution < 1.29 is 14.6 Å². The smallest absolute Gasteiger partial charge is 0.161 e. The summed E-state index contributed by atoms with van der Waals surface area (Å²) in [6.07, 6.45) is 5.41. The van der Waals surface area contributed by atoms with Gasteiger partial charge in [-0.15, -0.1) is 0 Å². The van der Waals surface area contributed by atoms with Gasteiger partial charge in [0, 0.05) is 5.56 Å². The van der Waals surface area contributed by atoms with Crippen molar-refractivity contribution in [1.82, 2.24) is 0 Å². The molecule has 0 saturated heterocycles. The number of aromatic hydroxyl groups is 1. The highest BCUT2D eigenvalue weighted by Gasteiger charge is 2.17. The molecule has 1 aliphatic carbocycles. The monoisotopic (exact) mass is 236 g/mol. The molecule has 1 aromatic rings. The van der Waals surface area contributed by atoms with Crippen LogP contribution in [0.1, 0.15) is 49.9 Å². The second kappa shape index (κ2) is 6.94. The van der Waals surface area contributed by atoms with Gasteiger partial charge in [0.25, 0.3) is 0 Å². The second-order valence-electron chi connectivity index (χ2n) is 3.87. The Kier molecular flexibility index (Phi) is 5.53. The van der Waals surface area contributed by atoms with Crippen LogP contribution in [0.15, 0.2) is 18.2 Å².